The number of rotatable bonds is 4. The first kappa shape index (κ1) is 14.7. The predicted octanol–water partition coefficient (Wildman–Crippen LogP) is 2.44. The second-order valence-electron chi connectivity index (χ2n) is 4.25. The van der Waals surface area contributed by atoms with E-state index in [1.807, 2.05) is 0 Å². The van der Waals surface area contributed by atoms with Gasteiger partial charge in [-0.3, -0.25) is 0 Å². The number of hydrogen-bond donors (Lipinski definition) is 2. The Morgan fingerprint density at radius 2 is 2.39 bits per heavy atom. The van der Waals surface area contributed by atoms with Crippen LogP contribution in [0.25, 0.3) is 0 Å². The third kappa shape index (κ3) is 3.68. The van der Waals surface area contributed by atoms with E-state index in [1.165, 1.54) is 6.07 Å². The molecule has 0 spiro atoms. The summed E-state index contributed by atoms with van der Waals surface area (Å²) in [5.74, 6) is 0.368. The van der Waals surface area contributed by atoms with Crippen LogP contribution in [-0.2, 0) is 10.0 Å². The number of nitrogens with one attached hydrogen (secondary N) is 2. The molecule has 2 rings (SSSR count). The number of hydrogen-bond acceptors (Lipinski definition) is 4. The van der Waals surface area contributed by atoms with Crippen molar-refractivity contribution >= 4 is 48.9 Å². The standard InChI is InChI=1S/C10H14BrClN2O2S2/c11-10-8(12)4-9(17-10)18(15,16)14-6-7-2-1-3-13-5-7/h4,7,13-14H,1-3,5-6H2. The van der Waals surface area contributed by atoms with Crippen molar-refractivity contribution in [2.24, 2.45) is 5.92 Å². The summed E-state index contributed by atoms with van der Waals surface area (Å²) in [5.41, 5.74) is 0. The van der Waals surface area contributed by atoms with E-state index in [4.69, 9.17) is 11.6 Å². The molecule has 0 radical (unpaired) electrons. The summed E-state index contributed by atoms with van der Waals surface area (Å²) in [5, 5.41) is 3.69. The molecule has 4 nitrogen and oxygen atoms in total. The first-order valence-corrected chi connectivity index (χ1v) is 9.11. The van der Waals surface area contributed by atoms with Crippen LogP contribution in [0.4, 0.5) is 0 Å². The molecule has 1 aromatic heterocycles. The van der Waals surface area contributed by atoms with Crippen LogP contribution in [0.5, 0.6) is 0 Å². The lowest BCUT2D eigenvalue weighted by Crippen LogP contribution is -2.37. The van der Waals surface area contributed by atoms with E-state index >= 15 is 0 Å². The molecule has 102 valence electrons. The monoisotopic (exact) mass is 372 g/mol. The highest BCUT2D eigenvalue weighted by molar-refractivity contribution is 9.11. The lowest BCUT2D eigenvalue weighted by molar-refractivity contribution is 0.376. The van der Waals surface area contributed by atoms with E-state index in [9.17, 15) is 8.42 Å². The zero-order chi connectivity index (χ0) is 13.2. The fourth-order valence-corrected chi connectivity index (χ4v) is 5.42. The topological polar surface area (TPSA) is 58.2 Å². The summed E-state index contributed by atoms with van der Waals surface area (Å²) in [7, 11) is -3.44. The minimum Gasteiger partial charge on any atom is -0.316 e. The SMILES string of the molecule is O=S(=O)(NCC1CCCNC1)c1cc(Cl)c(Br)s1. The smallest absolute Gasteiger partial charge is 0.250 e. The number of halogens is 2. The van der Waals surface area contributed by atoms with E-state index in [1.54, 1.807) is 0 Å². The van der Waals surface area contributed by atoms with Crippen LogP contribution in [-0.4, -0.2) is 28.1 Å². The molecule has 1 aliphatic rings. The zero-order valence-electron chi connectivity index (χ0n) is 9.58. The molecule has 0 saturated carbocycles. The first-order valence-electron chi connectivity index (χ1n) is 5.64. The van der Waals surface area contributed by atoms with Crippen LogP contribution in [0.15, 0.2) is 14.1 Å². The summed E-state index contributed by atoms with van der Waals surface area (Å²) >= 11 is 10.2. The maximum Gasteiger partial charge on any atom is 0.250 e. The van der Waals surface area contributed by atoms with Gasteiger partial charge in [0.25, 0.3) is 0 Å². The zero-order valence-corrected chi connectivity index (χ0v) is 13.6. The van der Waals surface area contributed by atoms with Crippen LogP contribution in [0.2, 0.25) is 5.02 Å². The summed E-state index contributed by atoms with van der Waals surface area (Å²) in [4.78, 5) is 0. The average molecular weight is 374 g/mol. The van der Waals surface area contributed by atoms with Gasteiger partial charge >= 0.3 is 0 Å². The fourth-order valence-electron chi connectivity index (χ4n) is 1.86. The quantitative estimate of drug-likeness (QED) is 0.852. The number of sulfonamides is 1. The molecule has 18 heavy (non-hydrogen) atoms. The van der Waals surface area contributed by atoms with Gasteiger partial charge in [-0.2, -0.15) is 0 Å². The average Bonchev–Trinajstić information content (AvgIpc) is 2.70. The minimum atomic E-state index is -3.44. The second-order valence-corrected chi connectivity index (χ2v) is 9.02. The van der Waals surface area contributed by atoms with Gasteiger partial charge in [-0.05, 0) is 53.8 Å². The molecule has 1 aromatic rings. The van der Waals surface area contributed by atoms with Crippen molar-refractivity contribution in [3.8, 4) is 0 Å². The fraction of sp³-hybridized carbons (Fsp3) is 0.600. The van der Waals surface area contributed by atoms with Crippen molar-refractivity contribution in [2.45, 2.75) is 17.1 Å². The Balaban J connectivity index is 1.98. The van der Waals surface area contributed by atoms with E-state index in [-0.39, 0.29) is 4.21 Å². The number of piperidine rings is 1. The predicted molar refractivity (Wildman–Crippen MR) is 77.8 cm³/mol. The molecule has 0 amide bonds. The Kier molecular flexibility index (Phi) is 5.07. The molecular formula is C10H14BrClN2O2S2. The first-order chi connectivity index (χ1) is 8.49. The van der Waals surface area contributed by atoms with E-state index in [2.05, 4.69) is 26.0 Å². The van der Waals surface area contributed by atoms with Crippen LogP contribution < -0.4 is 10.0 Å². The summed E-state index contributed by atoms with van der Waals surface area (Å²) in [6.07, 6.45) is 2.16. The second kappa shape index (κ2) is 6.19. The maximum atomic E-state index is 12.0. The molecule has 1 aliphatic heterocycles. The molecule has 0 aromatic carbocycles. The lowest BCUT2D eigenvalue weighted by Gasteiger charge is -2.22. The summed E-state index contributed by atoms with van der Waals surface area (Å²) < 4.78 is 27.6. The van der Waals surface area contributed by atoms with Gasteiger partial charge in [0.2, 0.25) is 10.0 Å². The van der Waals surface area contributed by atoms with E-state index < -0.39 is 10.0 Å². The molecule has 1 atom stereocenters. The van der Waals surface area contributed by atoms with Gasteiger partial charge in [-0.25, -0.2) is 13.1 Å². The number of thiophene rings is 1. The normalized spacial score (nSPS) is 21.1. The van der Waals surface area contributed by atoms with Crippen molar-refractivity contribution in [3.63, 3.8) is 0 Å². The molecule has 2 N–H and O–H groups in total. The van der Waals surface area contributed by atoms with Crippen molar-refractivity contribution in [1.82, 2.24) is 10.0 Å². The Morgan fingerprint density at radius 3 is 2.94 bits per heavy atom. The van der Waals surface area contributed by atoms with Gasteiger partial charge < -0.3 is 5.32 Å². The highest BCUT2D eigenvalue weighted by Crippen LogP contribution is 2.34. The maximum absolute atomic E-state index is 12.0. The Bertz CT molecular complexity index is 492. The molecule has 0 aliphatic carbocycles. The molecule has 1 saturated heterocycles. The van der Waals surface area contributed by atoms with E-state index in [0.717, 1.165) is 37.3 Å². The molecule has 0 bridgehead atoms. The van der Waals surface area contributed by atoms with Crippen molar-refractivity contribution in [2.75, 3.05) is 19.6 Å². The third-order valence-corrected chi connectivity index (χ3v) is 7.22. The van der Waals surface area contributed by atoms with Gasteiger partial charge in [0, 0.05) is 6.54 Å². The molecule has 1 fully saturated rings. The van der Waals surface area contributed by atoms with Crippen molar-refractivity contribution in [3.05, 3.63) is 14.9 Å². The van der Waals surface area contributed by atoms with Gasteiger partial charge in [-0.1, -0.05) is 11.6 Å². The van der Waals surface area contributed by atoms with Crippen LogP contribution >= 0.6 is 38.9 Å². The van der Waals surface area contributed by atoms with Crippen LogP contribution in [0.3, 0.4) is 0 Å². The van der Waals surface area contributed by atoms with Crippen molar-refractivity contribution in [1.29, 1.82) is 0 Å². The molecule has 2 heterocycles. The molecule has 1 unspecified atom stereocenters. The van der Waals surface area contributed by atoms with E-state index in [0.29, 0.717) is 21.3 Å². The minimum absolute atomic E-state index is 0.253. The van der Waals surface area contributed by atoms with Gasteiger partial charge in [0.05, 0.1) is 8.81 Å². The Morgan fingerprint density at radius 1 is 1.61 bits per heavy atom. The highest BCUT2D eigenvalue weighted by atomic mass is 79.9. The Labute approximate surface area is 124 Å². The van der Waals surface area contributed by atoms with Crippen LogP contribution in [0, 0.1) is 5.92 Å². The van der Waals surface area contributed by atoms with Gasteiger partial charge in [-0.15, -0.1) is 11.3 Å². The summed E-state index contributed by atoms with van der Waals surface area (Å²) in [6.45, 7) is 2.37. The molecular weight excluding hydrogens is 360 g/mol. The largest absolute Gasteiger partial charge is 0.316 e. The van der Waals surface area contributed by atoms with Gasteiger partial charge in [0.15, 0.2) is 0 Å². The van der Waals surface area contributed by atoms with Crippen LogP contribution in [0.1, 0.15) is 12.8 Å². The highest BCUT2D eigenvalue weighted by Gasteiger charge is 2.21. The van der Waals surface area contributed by atoms with Gasteiger partial charge in [0.1, 0.15) is 4.21 Å². The summed E-state index contributed by atoms with van der Waals surface area (Å²) in [6, 6.07) is 1.47. The van der Waals surface area contributed by atoms with Crippen molar-refractivity contribution < 1.29 is 8.42 Å². The molecule has 8 heteroatoms. The Hall–Kier alpha value is 0.340. The third-order valence-electron chi connectivity index (χ3n) is 2.85. The lowest BCUT2D eigenvalue weighted by atomic mass is 10.0.